The van der Waals surface area contributed by atoms with Crippen LogP contribution in [0.5, 0.6) is 5.75 Å². The molecule has 0 radical (unpaired) electrons. The van der Waals surface area contributed by atoms with Crippen LogP contribution >= 0.6 is 11.6 Å². The Hall–Kier alpha value is -2.79. The number of ether oxygens (including phenoxy) is 2. The number of rotatable bonds is 5. The quantitative estimate of drug-likeness (QED) is 0.602. The van der Waals surface area contributed by atoms with Crippen molar-refractivity contribution < 1.29 is 18.8 Å². The van der Waals surface area contributed by atoms with Gasteiger partial charge in [-0.3, -0.25) is 4.79 Å². The van der Waals surface area contributed by atoms with Crippen LogP contribution in [0.3, 0.4) is 0 Å². The molecule has 0 amide bonds. The van der Waals surface area contributed by atoms with E-state index < -0.39 is 0 Å². The van der Waals surface area contributed by atoms with Gasteiger partial charge < -0.3 is 14.0 Å². The van der Waals surface area contributed by atoms with E-state index in [1.807, 2.05) is 37.3 Å². The summed E-state index contributed by atoms with van der Waals surface area (Å²) >= 11 is 6.06. The summed E-state index contributed by atoms with van der Waals surface area (Å²) in [6.45, 7) is 2.09. The molecular formula is C21H18ClNO4. The highest BCUT2D eigenvalue weighted by molar-refractivity contribution is 6.31. The first kappa shape index (κ1) is 17.6. The fourth-order valence-corrected chi connectivity index (χ4v) is 3.28. The molecule has 0 bridgehead atoms. The SMILES string of the molecule is CC1Cc2ccc(-c3cc(COC(=O)Cc4ccccc4Cl)no3)cc2O1. The van der Waals surface area contributed by atoms with E-state index in [9.17, 15) is 4.79 Å². The van der Waals surface area contributed by atoms with Crippen LogP contribution in [0, 0.1) is 0 Å². The van der Waals surface area contributed by atoms with E-state index in [1.54, 1.807) is 18.2 Å². The maximum Gasteiger partial charge on any atom is 0.310 e. The fourth-order valence-electron chi connectivity index (χ4n) is 3.07. The fraction of sp³-hybridized carbons (Fsp3) is 0.238. The van der Waals surface area contributed by atoms with Crippen LogP contribution in [-0.2, 0) is 29.0 Å². The Morgan fingerprint density at radius 3 is 2.96 bits per heavy atom. The molecule has 1 atom stereocenters. The van der Waals surface area contributed by atoms with E-state index in [-0.39, 0.29) is 25.1 Å². The zero-order valence-electron chi connectivity index (χ0n) is 14.8. The van der Waals surface area contributed by atoms with Gasteiger partial charge in [0.1, 0.15) is 24.2 Å². The number of hydrogen-bond acceptors (Lipinski definition) is 5. The Kier molecular flexibility index (Phi) is 4.86. The molecular weight excluding hydrogens is 366 g/mol. The molecule has 0 saturated carbocycles. The third-order valence-corrected chi connectivity index (χ3v) is 4.79. The summed E-state index contributed by atoms with van der Waals surface area (Å²) < 4.78 is 16.4. The van der Waals surface area contributed by atoms with Gasteiger partial charge in [-0.05, 0) is 30.2 Å². The zero-order chi connectivity index (χ0) is 18.8. The van der Waals surface area contributed by atoms with Gasteiger partial charge in [0.2, 0.25) is 0 Å². The van der Waals surface area contributed by atoms with Crippen molar-refractivity contribution >= 4 is 17.6 Å². The van der Waals surface area contributed by atoms with Crippen LogP contribution in [0.25, 0.3) is 11.3 Å². The molecule has 5 nitrogen and oxygen atoms in total. The summed E-state index contributed by atoms with van der Waals surface area (Å²) in [5, 5.41) is 4.53. The van der Waals surface area contributed by atoms with Gasteiger partial charge in [-0.2, -0.15) is 0 Å². The smallest absolute Gasteiger partial charge is 0.310 e. The van der Waals surface area contributed by atoms with Crippen LogP contribution in [-0.4, -0.2) is 17.2 Å². The van der Waals surface area contributed by atoms with Gasteiger partial charge in [-0.1, -0.05) is 47.1 Å². The van der Waals surface area contributed by atoms with Gasteiger partial charge in [-0.15, -0.1) is 0 Å². The lowest BCUT2D eigenvalue weighted by molar-refractivity contribution is -0.144. The molecule has 1 aromatic heterocycles. The van der Waals surface area contributed by atoms with Gasteiger partial charge in [0.15, 0.2) is 5.76 Å². The lowest BCUT2D eigenvalue weighted by atomic mass is 10.1. The largest absolute Gasteiger partial charge is 0.490 e. The molecule has 1 aliphatic rings. The van der Waals surface area contributed by atoms with Crippen molar-refractivity contribution in [1.29, 1.82) is 0 Å². The Balaban J connectivity index is 1.38. The summed E-state index contributed by atoms with van der Waals surface area (Å²) in [5.74, 6) is 1.12. The van der Waals surface area contributed by atoms with Crippen molar-refractivity contribution in [3.05, 3.63) is 70.4 Å². The summed E-state index contributed by atoms with van der Waals surface area (Å²) in [6.07, 6.45) is 1.22. The molecule has 27 heavy (non-hydrogen) atoms. The van der Waals surface area contributed by atoms with Gasteiger partial charge in [0.25, 0.3) is 0 Å². The summed E-state index contributed by atoms with van der Waals surface area (Å²) in [6, 6.07) is 14.9. The van der Waals surface area contributed by atoms with Crippen molar-refractivity contribution in [2.75, 3.05) is 0 Å². The first-order chi connectivity index (χ1) is 13.1. The number of carbonyl (C=O) groups excluding carboxylic acids is 1. The van der Waals surface area contributed by atoms with E-state index >= 15 is 0 Å². The van der Waals surface area contributed by atoms with Crippen molar-refractivity contribution in [3.8, 4) is 17.1 Å². The minimum atomic E-state index is -0.368. The maximum absolute atomic E-state index is 12.0. The van der Waals surface area contributed by atoms with Gasteiger partial charge in [-0.25, -0.2) is 0 Å². The molecule has 0 saturated heterocycles. The predicted octanol–water partition coefficient (Wildman–Crippen LogP) is 4.60. The molecule has 0 N–H and O–H groups in total. The Morgan fingerprint density at radius 2 is 2.11 bits per heavy atom. The average molecular weight is 384 g/mol. The number of aromatic nitrogens is 1. The summed E-state index contributed by atoms with van der Waals surface area (Å²) in [5.41, 5.74) is 3.35. The second-order valence-electron chi connectivity index (χ2n) is 6.57. The zero-order valence-corrected chi connectivity index (χ0v) is 15.5. The lowest BCUT2D eigenvalue weighted by Crippen LogP contribution is -2.08. The van der Waals surface area contributed by atoms with Crippen molar-refractivity contribution in [1.82, 2.24) is 5.16 Å². The number of carbonyl (C=O) groups is 1. The monoisotopic (exact) mass is 383 g/mol. The predicted molar refractivity (Wildman–Crippen MR) is 101 cm³/mol. The second kappa shape index (κ2) is 7.45. The Labute approximate surface area is 161 Å². The van der Waals surface area contributed by atoms with E-state index in [4.69, 9.17) is 25.6 Å². The molecule has 0 spiro atoms. The van der Waals surface area contributed by atoms with Crippen molar-refractivity contribution in [2.45, 2.75) is 32.5 Å². The van der Waals surface area contributed by atoms with E-state index in [0.29, 0.717) is 16.5 Å². The van der Waals surface area contributed by atoms with Crippen LogP contribution in [0.2, 0.25) is 5.02 Å². The molecule has 3 aromatic rings. The van der Waals surface area contributed by atoms with Crippen molar-refractivity contribution in [3.63, 3.8) is 0 Å². The maximum atomic E-state index is 12.0. The minimum Gasteiger partial charge on any atom is -0.490 e. The molecule has 0 aliphatic carbocycles. The Morgan fingerprint density at radius 1 is 1.26 bits per heavy atom. The van der Waals surface area contributed by atoms with E-state index in [0.717, 1.165) is 23.3 Å². The molecule has 0 fully saturated rings. The van der Waals surface area contributed by atoms with Crippen molar-refractivity contribution in [2.24, 2.45) is 0 Å². The standard InChI is InChI=1S/C21H18ClNO4/c1-13-8-15-6-7-16(9-19(15)26-13)20-11-17(23-27-20)12-25-21(24)10-14-4-2-3-5-18(14)22/h2-7,9,11,13H,8,10,12H2,1H3. The molecule has 6 heteroatoms. The highest BCUT2D eigenvalue weighted by Gasteiger charge is 2.20. The van der Waals surface area contributed by atoms with Gasteiger partial charge in [0, 0.05) is 23.1 Å². The minimum absolute atomic E-state index is 0.0469. The normalized spacial score (nSPS) is 15.3. The van der Waals surface area contributed by atoms with Crippen LogP contribution in [0.15, 0.2) is 53.1 Å². The summed E-state index contributed by atoms with van der Waals surface area (Å²) in [7, 11) is 0. The molecule has 2 aromatic carbocycles. The highest BCUT2D eigenvalue weighted by atomic mass is 35.5. The topological polar surface area (TPSA) is 61.6 Å². The van der Waals surface area contributed by atoms with Crippen LogP contribution < -0.4 is 4.74 Å². The Bertz CT molecular complexity index is 982. The first-order valence-corrected chi connectivity index (χ1v) is 9.11. The number of hydrogen-bond donors (Lipinski definition) is 0. The molecule has 4 rings (SSSR count). The molecule has 1 unspecified atom stereocenters. The van der Waals surface area contributed by atoms with E-state index in [1.165, 1.54) is 5.56 Å². The second-order valence-corrected chi connectivity index (χ2v) is 6.97. The first-order valence-electron chi connectivity index (χ1n) is 8.73. The number of benzene rings is 2. The number of nitrogens with zero attached hydrogens (tertiary/aromatic N) is 1. The highest BCUT2D eigenvalue weighted by Crippen LogP contribution is 2.33. The molecule has 138 valence electrons. The van der Waals surface area contributed by atoms with Gasteiger partial charge in [0.05, 0.1) is 6.42 Å². The summed E-state index contributed by atoms with van der Waals surface area (Å²) in [4.78, 5) is 12.0. The third-order valence-electron chi connectivity index (χ3n) is 4.42. The van der Waals surface area contributed by atoms with Crippen LogP contribution in [0.4, 0.5) is 0 Å². The number of esters is 1. The third kappa shape index (κ3) is 3.98. The average Bonchev–Trinajstić information content (AvgIpc) is 3.26. The van der Waals surface area contributed by atoms with Crippen LogP contribution in [0.1, 0.15) is 23.7 Å². The number of fused-ring (bicyclic) bond motifs is 1. The lowest BCUT2D eigenvalue weighted by Gasteiger charge is -2.04. The number of halogens is 1. The molecule has 2 heterocycles. The van der Waals surface area contributed by atoms with E-state index in [2.05, 4.69) is 5.16 Å². The van der Waals surface area contributed by atoms with Gasteiger partial charge >= 0.3 is 5.97 Å². The molecule has 1 aliphatic heterocycles.